The molecule has 0 saturated carbocycles. The summed E-state index contributed by atoms with van der Waals surface area (Å²) < 4.78 is 0. The third-order valence-corrected chi connectivity index (χ3v) is 19.4. The molecule has 0 heterocycles. The molecule has 0 nitrogen and oxygen atoms in total. The van der Waals surface area contributed by atoms with Gasteiger partial charge in [0, 0.05) is 0 Å². The lowest BCUT2D eigenvalue weighted by atomic mass is 10.0. The average molecular weight is 1130 g/mol. The highest BCUT2D eigenvalue weighted by Gasteiger charge is 2.02. The third-order valence-electron chi connectivity index (χ3n) is 19.4. The maximum Gasteiger partial charge on any atom is -0.0279 e. The van der Waals surface area contributed by atoms with E-state index in [-0.39, 0.29) is 0 Å². The number of aryl methyl sites for hydroxylation is 1. The third kappa shape index (κ3) is 69.9. The molecule has 0 unspecified atom stereocenters. The van der Waals surface area contributed by atoms with Gasteiger partial charge in [-0.1, -0.05) is 500 Å². The molecule has 0 N–H and O–H groups in total. The predicted octanol–water partition coefficient (Wildman–Crippen LogP) is 30.7. The van der Waals surface area contributed by atoms with E-state index in [2.05, 4.69) is 37.3 Å². The molecule has 480 valence electrons. The Labute approximate surface area is 515 Å². The van der Waals surface area contributed by atoms with E-state index in [0.717, 1.165) is 0 Å². The molecule has 0 amide bonds. The highest BCUT2D eigenvalue weighted by Crippen LogP contribution is 2.21. The average Bonchev–Trinajstić information content (AvgIpc) is 3.48. The van der Waals surface area contributed by atoms with Crippen LogP contribution in [0.5, 0.6) is 0 Å². The van der Waals surface area contributed by atoms with Crippen LogP contribution in [0, 0.1) is 0 Å². The zero-order valence-electron chi connectivity index (χ0n) is 56.7. The number of hydrogen-bond donors (Lipinski definition) is 0. The van der Waals surface area contributed by atoms with Crippen LogP contribution < -0.4 is 0 Å². The van der Waals surface area contributed by atoms with E-state index in [1.165, 1.54) is 481 Å². The van der Waals surface area contributed by atoms with Crippen molar-refractivity contribution >= 4 is 0 Å². The molecule has 0 spiro atoms. The van der Waals surface area contributed by atoms with Gasteiger partial charge in [-0.05, 0) is 18.4 Å². The standard InChI is InChI=1S/C81H156/c1-2-3-4-5-6-7-8-9-10-11-12-13-14-15-16-17-18-19-20-21-22-23-24-25-26-27-28-29-30-31-32-33-34-35-36-37-38-39-40-41-42-43-44-45-46-47-48-49-50-51-52-53-54-55-56-57-58-59-60-61-62-63-64-65-66-67-68-69-70-71-72-73-75-78-81-79-76-74-77-80-81/h74,76-77,79-80H,2-73,75,78H2,1H3. The first kappa shape index (κ1) is 78.2. The molecule has 1 aromatic rings. The van der Waals surface area contributed by atoms with Crippen molar-refractivity contribution in [2.75, 3.05) is 0 Å². The fourth-order valence-electron chi connectivity index (χ4n) is 13.6. The Morgan fingerprint density at radius 2 is 0.247 bits per heavy atom. The molecule has 0 aliphatic carbocycles. The van der Waals surface area contributed by atoms with Gasteiger partial charge < -0.3 is 0 Å². The van der Waals surface area contributed by atoms with Crippen LogP contribution in [0.15, 0.2) is 30.3 Å². The number of hydrogen-bond acceptors (Lipinski definition) is 0. The van der Waals surface area contributed by atoms with Gasteiger partial charge in [-0.3, -0.25) is 0 Å². The number of rotatable bonds is 74. The summed E-state index contributed by atoms with van der Waals surface area (Å²) in [5.41, 5.74) is 1.51. The molecular formula is C81H156. The van der Waals surface area contributed by atoms with Crippen LogP contribution in [0.1, 0.15) is 481 Å². The molecular weight excluding hydrogens is 973 g/mol. The minimum Gasteiger partial charge on any atom is -0.0654 e. The summed E-state index contributed by atoms with van der Waals surface area (Å²) in [5, 5.41) is 0. The van der Waals surface area contributed by atoms with Crippen LogP contribution in [-0.2, 0) is 6.42 Å². The Morgan fingerprint density at radius 3 is 0.370 bits per heavy atom. The van der Waals surface area contributed by atoms with Crippen LogP contribution in [0.2, 0.25) is 0 Å². The molecule has 0 bridgehead atoms. The van der Waals surface area contributed by atoms with Crippen LogP contribution in [-0.4, -0.2) is 0 Å². The van der Waals surface area contributed by atoms with Crippen molar-refractivity contribution in [1.29, 1.82) is 0 Å². The largest absolute Gasteiger partial charge is 0.0654 e. The molecule has 0 aromatic heterocycles. The second kappa shape index (κ2) is 73.5. The Bertz CT molecular complexity index is 1180. The topological polar surface area (TPSA) is 0 Å². The zero-order chi connectivity index (χ0) is 57.4. The van der Waals surface area contributed by atoms with Gasteiger partial charge in [-0.2, -0.15) is 0 Å². The van der Waals surface area contributed by atoms with Gasteiger partial charge in [0.15, 0.2) is 0 Å². The number of unbranched alkanes of at least 4 members (excludes halogenated alkanes) is 72. The second-order valence-electron chi connectivity index (χ2n) is 27.7. The smallest absolute Gasteiger partial charge is 0.0279 e. The van der Waals surface area contributed by atoms with Gasteiger partial charge in [-0.15, -0.1) is 0 Å². The minimum absolute atomic E-state index is 1.26. The summed E-state index contributed by atoms with van der Waals surface area (Å²) in [6.07, 6.45) is 110. The van der Waals surface area contributed by atoms with Crippen molar-refractivity contribution in [3.8, 4) is 0 Å². The van der Waals surface area contributed by atoms with Crippen molar-refractivity contribution < 1.29 is 0 Å². The van der Waals surface area contributed by atoms with Crippen molar-refractivity contribution in [1.82, 2.24) is 0 Å². The highest BCUT2D eigenvalue weighted by atomic mass is 14.1. The molecule has 0 fully saturated rings. The van der Waals surface area contributed by atoms with Crippen LogP contribution in [0.4, 0.5) is 0 Å². The quantitative estimate of drug-likeness (QED) is 0.0570. The summed E-state index contributed by atoms with van der Waals surface area (Å²) in [6.45, 7) is 2.32. The summed E-state index contributed by atoms with van der Waals surface area (Å²) in [6, 6.07) is 11.0. The molecule has 0 atom stereocenters. The Kier molecular flexibility index (Phi) is 71.0. The van der Waals surface area contributed by atoms with Crippen LogP contribution >= 0.6 is 0 Å². The molecule has 0 radical (unpaired) electrons. The Hall–Kier alpha value is -0.780. The molecule has 0 aliphatic heterocycles. The fraction of sp³-hybridized carbons (Fsp3) is 0.926. The molecule has 1 aromatic carbocycles. The maximum atomic E-state index is 2.32. The second-order valence-corrected chi connectivity index (χ2v) is 27.7. The van der Waals surface area contributed by atoms with Gasteiger partial charge in [0.25, 0.3) is 0 Å². The molecule has 0 heteroatoms. The SMILES string of the molecule is CCCCCCCCCCCCCCCCCCCCCCCCCCCCCCCCCCCCCCCCCCCCCCCCCCCCCCCCCCCCCCCCCCCCCCCCCCCc1ccccc1. The van der Waals surface area contributed by atoms with Gasteiger partial charge >= 0.3 is 0 Å². The van der Waals surface area contributed by atoms with E-state index < -0.39 is 0 Å². The van der Waals surface area contributed by atoms with E-state index in [1.54, 1.807) is 0 Å². The summed E-state index contributed by atoms with van der Waals surface area (Å²) in [7, 11) is 0. The van der Waals surface area contributed by atoms with Crippen LogP contribution in [0.3, 0.4) is 0 Å². The molecule has 0 aliphatic rings. The van der Waals surface area contributed by atoms with Gasteiger partial charge in [0.2, 0.25) is 0 Å². The van der Waals surface area contributed by atoms with Gasteiger partial charge in [-0.25, -0.2) is 0 Å². The van der Waals surface area contributed by atoms with E-state index >= 15 is 0 Å². The molecule has 1 rings (SSSR count). The van der Waals surface area contributed by atoms with Crippen LogP contribution in [0.25, 0.3) is 0 Å². The predicted molar refractivity (Wildman–Crippen MR) is 373 cm³/mol. The highest BCUT2D eigenvalue weighted by molar-refractivity contribution is 5.14. The zero-order valence-corrected chi connectivity index (χ0v) is 56.7. The van der Waals surface area contributed by atoms with E-state index in [0.29, 0.717) is 0 Å². The first-order valence-corrected chi connectivity index (χ1v) is 39.5. The normalized spacial score (nSPS) is 11.7. The monoisotopic (exact) mass is 1130 g/mol. The fourth-order valence-corrected chi connectivity index (χ4v) is 13.6. The van der Waals surface area contributed by atoms with Crippen molar-refractivity contribution in [3.63, 3.8) is 0 Å². The minimum atomic E-state index is 1.26. The summed E-state index contributed by atoms with van der Waals surface area (Å²) in [5.74, 6) is 0. The summed E-state index contributed by atoms with van der Waals surface area (Å²) in [4.78, 5) is 0. The first-order chi connectivity index (χ1) is 40.4. The van der Waals surface area contributed by atoms with Gasteiger partial charge in [0.05, 0.1) is 0 Å². The lowest BCUT2D eigenvalue weighted by molar-refractivity contribution is 0.506. The molecule has 81 heavy (non-hydrogen) atoms. The van der Waals surface area contributed by atoms with E-state index in [9.17, 15) is 0 Å². The Morgan fingerprint density at radius 1 is 0.136 bits per heavy atom. The van der Waals surface area contributed by atoms with Crippen molar-refractivity contribution in [3.05, 3.63) is 35.9 Å². The maximum absolute atomic E-state index is 2.32. The molecule has 0 saturated heterocycles. The lowest BCUT2D eigenvalue weighted by Gasteiger charge is -2.05. The number of benzene rings is 1. The van der Waals surface area contributed by atoms with Gasteiger partial charge in [0.1, 0.15) is 0 Å². The Balaban J connectivity index is 1.58. The van der Waals surface area contributed by atoms with E-state index in [4.69, 9.17) is 0 Å². The van der Waals surface area contributed by atoms with Crippen molar-refractivity contribution in [2.45, 2.75) is 482 Å². The lowest BCUT2D eigenvalue weighted by Crippen LogP contribution is -1.86. The summed E-state index contributed by atoms with van der Waals surface area (Å²) >= 11 is 0. The first-order valence-electron chi connectivity index (χ1n) is 39.5. The van der Waals surface area contributed by atoms with Crippen molar-refractivity contribution in [2.24, 2.45) is 0 Å². The van der Waals surface area contributed by atoms with E-state index in [1.807, 2.05) is 0 Å².